The van der Waals surface area contributed by atoms with E-state index < -0.39 is 34.4 Å². The van der Waals surface area contributed by atoms with Gasteiger partial charge in [-0.3, -0.25) is 0 Å². The van der Waals surface area contributed by atoms with Crippen LogP contribution in [0, 0.1) is 0 Å². The number of carboxylic acids is 1. The van der Waals surface area contributed by atoms with E-state index in [0.717, 1.165) is 17.7 Å². The Labute approximate surface area is 156 Å². The second kappa shape index (κ2) is 7.67. The van der Waals surface area contributed by atoms with Gasteiger partial charge in [-0.25, -0.2) is 9.59 Å². The molecule has 0 saturated heterocycles. The molecular weight excluding hydrogens is 376 g/mol. The van der Waals surface area contributed by atoms with Crippen LogP contribution in [-0.2, 0) is 35.8 Å². The van der Waals surface area contributed by atoms with Gasteiger partial charge in [0.2, 0.25) is 10.3 Å². The molecule has 142 valence electrons. The lowest BCUT2D eigenvalue weighted by molar-refractivity contribution is -0.155. The van der Waals surface area contributed by atoms with Gasteiger partial charge in [-0.15, -0.1) is 0 Å². The predicted molar refractivity (Wildman–Crippen MR) is 93.8 cm³/mol. The highest BCUT2D eigenvalue weighted by atomic mass is 32.2. The van der Waals surface area contributed by atoms with Gasteiger partial charge in [0.05, 0.1) is 7.11 Å². The Morgan fingerprint density at radius 3 is 2.63 bits per heavy atom. The van der Waals surface area contributed by atoms with Crippen molar-refractivity contribution in [2.75, 3.05) is 7.11 Å². The molecule has 1 heterocycles. The summed E-state index contributed by atoms with van der Waals surface area (Å²) in [6, 6.07) is 7.25. The highest BCUT2D eigenvalue weighted by Crippen LogP contribution is 2.29. The standard InChI is InChI=1S/C18H16O8S/c1-24-15-11(17(19)20)7-9-14(27(22)23)16(15)26-18(21)13-8-6-10-4-2-3-5-12(10)25-13/h2-5,7,9,13,16H,6,8H2,1H3,(H,19,20). The van der Waals surface area contributed by atoms with Crippen LogP contribution in [-0.4, -0.2) is 49.6 Å². The van der Waals surface area contributed by atoms with Crippen molar-refractivity contribution in [1.82, 2.24) is 0 Å². The Kier molecular flexibility index (Phi) is 5.31. The molecule has 1 aromatic carbocycles. The fraction of sp³-hybridized carbons (Fsp3) is 0.278. The van der Waals surface area contributed by atoms with Crippen molar-refractivity contribution >= 4 is 27.1 Å². The maximum absolute atomic E-state index is 12.6. The number of rotatable bonds is 4. The van der Waals surface area contributed by atoms with E-state index in [4.69, 9.17) is 14.2 Å². The van der Waals surface area contributed by atoms with Gasteiger partial charge in [-0.05, 0) is 36.6 Å². The van der Waals surface area contributed by atoms with E-state index in [-0.39, 0.29) is 16.2 Å². The number of methoxy groups -OCH3 is 1. The Bertz CT molecular complexity index is 978. The predicted octanol–water partition coefficient (Wildman–Crippen LogP) is 0.898. The minimum atomic E-state index is -2.74. The molecule has 2 unspecified atom stereocenters. The molecule has 27 heavy (non-hydrogen) atoms. The van der Waals surface area contributed by atoms with E-state index >= 15 is 0 Å². The number of aliphatic carboxylic acids is 1. The number of carbonyl (C=O) groups is 2. The van der Waals surface area contributed by atoms with Crippen LogP contribution in [0.25, 0.3) is 0 Å². The molecular formula is C18H16O8S. The van der Waals surface area contributed by atoms with Crippen molar-refractivity contribution in [3.8, 4) is 5.75 Å². The van der Waals surface area contributed by atoms with E-state index in [9.17, 15) is 23.1 Å². The molecule has 8 nitrogen and oxygen atoms in total. The number of benzene rings is 1. The summed E-state index contributed by atoms with van der Waals surface area (Å²) in [6.07, 6.45) is 0.689. The third kappa shape index (κ3) is 3.72. The minimum Gasteiger partial charge on any atom is -0.496 e. The van der Waals surface area contributed by atoms with Crippen LogP contribution in [0.1, 0.15) is 12.0 Å². The van der Waals surface area contributed by atoms with Crippen molar-refractivity contribution in [1.29, 1.82) is 0 Å². The molecule has 2 aliphatic rings. The fourth-order valence-electron chi connectivity index (χ4n) is 2.94. The van der Waals surface area contributed by atoms with Crippen LogP contribution in [0.15, 0.2) is 47.7 Å². The number of hydrogen-bond acceptors (Lipinski definition) is 7. The smallest absolute Gasteiger partial charge is 0.348 e. The zero-order chi connectivity index (χ0) is 19.6. The third-order valence-electron chi connectivity index (χ3n) is 4.23. The van der Waals surface area contributed by atoms with E-state index in [2.05, 4.69) is 0 Å². The van der Waals surface area contributed by atoms with Crippen LogP contribution in [0.4, 0.5) is 0 Å². The second-order valence-electron chi connectivity index (χ2n) is 5.83. The lowest BCUT2D eigenvalue weighted by atomic mass is 10.0. The molecule has 0 radical (unpaired) electrons. The maximum atomic E-state index is 12.6. The monoisotopic (exact) mass is 392 g/mol. The summed E-state index contributed by atoms with van der Waals surface area (Å²) in [5.41, 5.74) is 0.667. The topological polar surface area (TPSA) is 116 Å². The molecule has 0 bridgehead atoms. The average molecular weight is 392 g/mol. The van der Waals surface area contributed by atoms with Gasteiger partial charge < -0.3 is 19.3 Å². The molecule has 9 heteroatoms. The van der Waals surface area contributed by atoms with E-state index in [1.54, 1.807) is 12.1 Å². The van der Waals surface area contributed by atoms with Crippen LogP contribution >= 0.6 is 0 Å². The Morgan fingerprint density at radius 2 is 1.96 bits per heavy atom. The van der Waals surface area contributed by atoms with Crippen molar-refractivity contribution in [2.24, 2.45) is 0 Å². The summed E-state index contributed by atoms with van der Waals surface area (Å²) < 4.78 is 39.0. The summed E-state index contributed by atoms with van der Waals surface area (Å²) in [5.74, 6) is -1.84. The minimum absolute atomic E-state index is 0.270. The number of carboxylic acid groups (broad SMARTS) is 1. The second-order valence-corrected chi connectivity index (χ2v) is 6.77. The molecule has 0 amide bonds. The van der Waals surface area contributed by atoms with Crippen LogP contribution in [0.3, 0.4) is 0 Å². The Balaban J connectivity index is 1.88. The van der Waals surface area contributed by atoms with Crippen LogP contribution < -0.4 is 4.74 Å². The molecule has 1 aromatic rings. The molecule has 0 fully saturated rings. The largest absolute Gasteiger partial charge is 0.496 e. The number of ether oxygens (including phenoxy) is 3. The first kappa shape index (κ1) is 18.7. The first-order valence-corrected chi connectivity index (χ1v) is 9.10. The number of hydrogen-bond donors (Lipinski definition) is 1. The first-order chi connectivity index (χ1) is 12.9. The van der Waals surface area contributed by atoms with Gasteiger partial charge in [-0.1, -0.05) is 18.2 Å². The zero-order valence-corrected chi connectivity index (χ0v) is 15.1. The number of para-hydroxylation sites is 1. The molecule has 1 aliphatic carbocycles. The van der Waals surface area contributed by atoms with Crippen molar-refractivity contribution in [2.45, 2.75) is 25.0 Å². The van der Waals surface area contributed by atoms with Crippen molar-refractivity contribution < 1.29 is 37.3 Å². The van der Waals surface area contributed by atoms with E-state index in [1.165, 1.54) is 7.11 Å². The third-order valence-corrected chi connectivity index (χ3v) is 4.97. The summed E-state index contributed by atoms with van der Waals surface area (Å²) in [4.78, 5) is 23.6. The lowest BCUT2D eigenvalue weighted by Crippen LogP contribution is -2.40. The summed E-state index contributed by atoms with van der Waals surface area (Å²) >= 11 is 0. The van der Waals surface area contributed by atoms with E-state index in [1.807, 2.05) is 12.1 Å². The van der Waals surface area contributed by atoms with Crippen molar-refractivity contribution in [3.05, 3.63) is 53.3 Å². The van der Waals surface area contributed by atoms with E-state index in [0.29, 0.717) is 18.6 Å². The Morgan fingerprint density at radius 1 is 1.22 bits per heavy atom. The van der Waals surface area contributed by atoms with Gasteiger partial charge >= 0.3 is 11.9 Å². The Hall–Kier alpha value is -3.07. The SMILES string of the molecule is COC1=C(C(=O)O)C=CC(=S(=O)=O)C1OC(=O)C1CCc2ccccc2O1. The van der Waals surface area contributed by atoms with Gasteiger partial charge in [-0.2, -0.15) is 8.42 Å². The summed E-state index contributed by atoms with van der Waals surface area (Å²) in [7, 11) is -1.56. The first-order valence-electron chi connectivity index (χ1n) is 8.03. The number of aryl methyl sites for hydroxylation is 1. The van der Waals surface area contributed by atoms with Gasteiger partial charge in [0.15, 0.2) is 18.0 Å². The van der Waals surface area contributed by atoms with Crippen molar-refractivity contribution in [3.63, 3.8) is 0 Å². The number of fused-ring (bicyclic) bond motifs is 1. The molecule has 1 aliphatic heterocycles. The van der Waals surface area contributed by atoms with Crippen LogP contribution in [0.2, 0.25) is 0 Å². The normalized spacial score (nSPS) is 21.1. The van der Waals surface area contributed by atoms with Gasteiger partial charge in [0, 0.05) is 0 Å². The lowest BCUT2D eigenvalue weighted by Gasteiger charge is -2.28. The molecule has 1 N–H and O–H groups in total. The molecule has 2 atom stereocenters. The maximum Gasteiger partial charge on any atom is 0.348 e. The fourth-order valence-corrected chi connectivity index (χ4v) is 3.44. The zero-order valence-electron chi connectivity index (χ0n) is 14.2. The average Bonchev–Trinajstić information content (AvgIpc) is 2.66. The van der Waals surface area contributed by atoms with Gasteiger partial charge in [0.1, 0.15) is 16.2 Å². The van der Waals surface area contributed by atoms with Crippen LogP contribution in [0.5, 0.6) is 5.75 Å². The number of esters is 1. The summed E-state index contributed by atoms with van der Waals surface area (Å²) in [6.45, 7) is 0. The molecule has 3 rings (SSSR count). The van der Waals surface area contributed by atoms with Gasteiger partial charge in [0.25, 0.3) is 0 Å². The molecule has 0 saturated carbocycles. The molecule has 0 aromatic heterocycles. The highest BCUT2D eigenvalue weighted by molar-refractivity contribution is 7.73. The number of carbonyl (C=O) groups excluding carboxylic acids is 1. The highest BCUT2D eigenvalue weighted by Gasteiger charge is 2.36. The summed E-state index contributed by atoms with van der Waals surface area (Å²) in [5, 5.41) is 9.26. The quantitative estimate of drug-likeness (QED) is 0.593. The molecule has 0 spiro atoms.